The second kappa shape index (κ2) is 6.71. The molecule has 2 nitrogen and oxygen atoms in total. The fourth-order valence-corrected chi connectivity index (χ4v) is 4.21. The third-order valence-corrected chi connectivity index (χ3v) is 5.35. The van der Waals surface area contributed by atoms with Crippen LogP contribution in [-0.2, 0) is 12.8 Å². The zero-order chi connectivity index (χ0) is 14.7. The molecule has 0 saturated carbocycles. The van der Waals surface area contributed by atoms with Gasteiger partial charge >= 0.3 is 0 Å². The van der Waals surface area contributed by atoms with Crippen molar-refractivity contribution >= 4 is 11.3 Å². The maximum Gasteiger partial charge on any atom is 0.0931 e. The summed E-state index contributed by atoms with van der Waals surface area (Å²) in [5.74, 6) is 0.664. The van der Waals surface area contributed by atoms with E-state index in [2.05, 4.69) is 53.8 Å². The van der Waals surface area contributed by atoms with Crippen LogP contribution in [0.1, 0.15) is 47.6 Å². The normalized spacial score (nSPS) is 21.2. The monoisotopic (exact) mass is 300 g/mol. The lowest BCUT2D eigenvalue weighted by molar-refractivity contribution is 0.318. The van der Waals surface area contributed by atoms with Crippen LogP contribution in [0, 0.1) is 12.8 Å². The van der Waals surface area contributed by atoms with Crippen molar-refractivity contribution in [3.63, 3.8) is 0 Å². The molecule has 1 aromatic carbocycles. The Morgan fingerprint density at radius 3 is 2.95 bits per heavy atom. The first-order valence-electron chi connectivity index (χ1n) is 8.00. The molecule has 112 valence electrons. The molecule has 2 aromatic rings. The number of thiazole rings is 1. The quantitative estimate of drug-likeness (QED) is 0.890. The molecule has 0 fully saturated rings. The number of hydrogen-bond acceptors (Lipinski definition) is 3. The molecule has 0 radical (unpaired) electrons. The van der Waals surface area contributed by atoms with Gasteiger partial charge in [-0.25, -0.2) is 4.98 Å². The van der Waals surface area contributed by atoms with Gasteiger partial charge in [0.25, 0.3) is 0 Å². The van der Waals surface area contributed by atoms with Gasteiger partial charge < -0.3 is 5.32 Å². The highest BCUT2D eigenvalue weighted by atomic mass is 32.1. The fraction of sp³-hybridized carbons (Fsp3) is 0.500. The van der Waals surface area contributed by atoms with Crippen LogP contribution in [0.3, 0.4) is 0 Å². The van der Waals surface area contributed by atoms with Crippen LogP contribution < -0.4 is 5.32 Å². The highest BCUT2D eigenvalue weighted by Crippen LogP contribution is 2.36. The highest BCUT2D eigenvalue weighted by Gasteiger charge is 2.29. The molecule has 0 aliphatic heterocycles. The van der Waals surface area contributed by atoms with Crippen molar-refractivity contribution in [1.82, 2.24) is 10.3 Å². The van der Waals surface area contributed by atoms with Crippen molar-refractivity contribution < 1.29 is 0 Å². The summed E-state index contributed by atoms with van der Waals surface area (Å²) in [4.78, 5) is 4.67. The maximum atomic E-state index is 4.67. The smallest absolute Gasteiger partial charge is 0.0931 e. The van der Waals surface area contributed by atoms with Gasteiger partial charge in [-0.1, -0.05) is 31.2 Å². The molecular formula is C18H24N2S. The Morgan fingerprint density at radius 2 is 2.19 bits per heavy atom. The minimum absolute atomic E-state index is 0.485. The van der Waals surface area contributed by atoms with E-state index in [0.29, 0.717) is 12.0 Å². The van der Waals surface area contributed by atoms with Crippen LogP contribution >= 0.6 is 11.3 Å². The standard InChI is InChI=1S/C18H24N2S/c1-3-10-19-18-15(11-17-20-13(2)12-21-17)9-8-14-6-4-5-7-16(14)18/h4-7,12,15,18-19H,3,8-11H2,1-2H3. The highest BCUT2D eigenvalue weighted by molar-refractivity contribution is 7.09. The lowest BCUT2D eigenvalue weighted by Crippen LogP contribution is -2.34. The van der Waals surface area contributed by atoms with Crippen LogP contribution in [0.5, 0.6) is 0 Å². The van der Waals surface area contributed by atoms with Gasteiger partial charge in [0.2, 0.25) is 0 Å². The fourth-order valence-electron chi connectivity index (χ4n) is 3.34. The van der Waals surface area contributed by atoms with Gasteiger partial charge in [0, 0.05) is 23.5 Å². The summed E-state index contributed by atoms with van der Waals surface area (Å²) in [5.41, 5.74) is 4.19. The van der Waals surface area contributed by atoms with E-state index >= 15 is 0 Å². The van der Waals surface area contributed by atoms with Crippen LogP contribution in [0.25, 0.3) is 0 Å². The number of nitrogens with zero attached hydrogens (tertiary/aromatic N) is 1. The van der Waals surface area contributed by atoms with E-state index in [4.69, 9.17) is 0 Å². The Balaban J connectivity index is 1.82. The number of aryl methyl sites for hydroxylation is 2. The minimum Gasteiger partial charge on any atom is -0.310 e. The number of fused-ring (bicyclic) bond motifs is 1. The van der Waals surface area contributed by atoms with Gasteiger partial charge in [-0.05, 0) is 49.8 Å². The summed E-state index contributed by atoms with van der Waals surface area (Å²) >= 11 is 1.81. The zero-order valence-corrected chi connectivity index (χ0v) is 13.7. The molecule has 1 heterocycles. The van der Waals surface area contributed by atoms with Gasteiger partial charge in [-0.2, -0.15) is 0 Å². The Labute approximate surface area is 131 Å². The molecule has 3 rings (SSSR count). The summed E-state index contributed by atoms with van der Waals surface area (Å²) < 4.78 is 0. The average molecular weight is 300 g/mol. The Morgan fingerprint density at radius 1 is 1.33 bits per heavy atom. The predicted octanol–water partition coefficient (Wildman–Crippen LogP) is 4.30. The van der Waals surface area contributed by atoms with Crippen molar-refractivity contribution in [1.29, 1.82) is 0 Å². The molecule has 0 saturated heterocycles. The van der Waals surface area contributed by atoms with Gasteiger partial charge in [0.15, 0.2) is 0 Å². The maximum absolute atomic E-state index is 4.67. The zero-order valence-electron chi connectivity index (χ0n) is 12.9. The second-order valence-corrected chi connectivity index (χ2v) is 6.96. The molecule has 2 unspecified atom stereocenters. The van der Waals surface area contributed by atoms with Gasteiger partial charge in [0.1, 0.15) is 0 Å². The van der Waals surface area contributed by atoms with Crippen LogP contribution in [0.15, 0.2) is 29.6 Å². The molecule has 21 heavy (non-hydrogen) atoms. The largest absolute Gasteiger partial charge is 0.310 e. The number of nitrogens with one attached hydrogen (secondary N) is 1. The molecule has 0 spiro atoms. The average Bonchev–Trinajstić information content (AvgIpc) is 2.91. The Kier molecular flexibility index (Phi) is 4.71. The summed E-state index contributed by atoms with van der Waals surface area (Å²) in [6, 6.07) is 9.43. The number of aromatic nitrogens is 1. The predicted molar refractivity (Wildman–Crippen MR) is 89.8 cm³/mol. The SMILES string of the molecule is CCCNC1c2ccccc2CCC1Cc1nc(C)cs1. The number of rotatable bonds is 5. The van der Waals surface area contributed by atoms with Gasteiger partial charge in [0.05, 0.1) is 5.01 Å². The molecule has 0 amide bonds. The van der Waals surface area contributed by atoms with E-state index in [-0.39, 0.29) is 0 Å². The first-order valence-corrected chi connectivity index (χ1v) is 8.88. The minimum atomic E-state index is 0.485. The molecular weight excluding hydrogens is 276 g/mol. The summed E-state index contributed by atoms with van der Waals surface area (Å²) in [6.07, 6.45) is 4.75. The van der Waals surface area contributed by atoms with Crippen LogP contribution in [0.2, 0.25) is 0 Å². The molecule has 3 heteroatoms. The summed E-state index contributed by atoms with van der Waals surface area (Å²) in [7, 11) is 0. The van der Waals surface area contributed by atoms with E-state index < -0.39 is 0 Å². The summed E-state index contributed by atoms with van der Waals surface area (Å²) in [5, 5.41) is 7.24. The topological polar surface area (TPSA) is 24.9 Å². The van der Waals surface area contributed by atoms with E-state index in [9.17, 15) is 0 Å². The van der Waals surface area contributed by atoms with E-state index in [1.54, 1.807) is 0 Å². The Hall–Kier alpha value is -1.19. The van der Waals surface area contributed by atoms with E-state index in [0.717, 1.165) is 18.7 Å². The van der Waals surface area contributed by atoms with Crippen molar-refractivity contribution in [2.24, 2.45) is 5.92 Å². The molecule has 1 N–H and O–H groups in total. The first kappa shape index (κ1) is 14.7. The van der Waals surface area contributed by atoms with Crippen molar-refractivity contribution in [2.75, 3.05) is 6.54 Å². The third-order valence-electron chi connectivity index (χ3n) is 4.36. The molecule has 1 aliphatic rings. The van der Waals surface area contributed by atoms with E-state index in [1.807, 2.05) is 11.3 Å². The lowest BCUT2D eigenvalue weighted by Gasteiger charge is -2.34. The molecule has 1 aliphatic carbocycles. The van der Waals surface area contributed by atoms with Crippen molar-refractivity contribution in [3.8, 4) is 0 Å². The summed E-state index contributed by atoms with van der Waals surface area (Å²) in [6.45, 7) is 5.41. The molecule has 1 aromatic heterocycles. The third kappa shape index (κ3) is 3.35. The first-order chi connectivity index (χ1) is 10.3. The Bertz CT molecular complexity index is 590. The molecule has 2 atom stereocenters. The van der Waals surface area contributed by atoms with Crippen molar-refractivity contribution in [3.05, 3.63) is 51.5 Å². The van der Waals surface area contributed by atoms with Crippen molar-refractivity contribution in [2.45, 2.75) is 45.6 Å². The van der Waals surface area contributed by atoms with E-state index in [1.165, 1.54) is 35.4 Å². The lowest BCUT2D eigenvalue weighted by atomic mass is 9.78. The van der Waals surface area contributed by atoms with Crippen LogP contribution in [-0.4, -0.2) is 11.5 Å². The second-order valence-electron chi connectivity index (χ2n) is 6.02. The van der Waals surface area contributed by atoms with Gasteiger partial charge in [-0.15, -0.1) is 11.3 Å². The van der Waals surface area contributed by atoms with Gasteiger partial charge in [-0.3, -0.25) is 0 Å². The van der Waals surface area contributed by atoms with Crippen LogP contribution in [0.4, 0.5) is 0 Å². The molecule has 0 bridgehead atoms. The number of hydrogen-bond donors (Lipinski definition) is 1. The number of benzene rings is 1.